The first-order valence-corrected chi connectivity index (χ1v) is 17.5. The molecule has 1 aliphatic carbocycles. The van der Waals surface area contributed by atoms with Crippen molar-refractivity contribution in [2.45, 2.75) is 70.7 Å². The predicted molar refractivity (Wildman–Crippen MR) is 193 cm³/mol. The van der Waals surface area contributed by atoms with E-state index in [-0.39, 0.29) is 47.7 Å². The van der Waals surface area contributed by atoms with Crippen molar-refractivity contribution in [1.82, 2.24) is 20.9 Å². The smallest absolute Gasteiger partial charge is 0.433 e. The van der Waals surface area contributed by atoms with Crippen LogP contribution in [0.15, 0.2) is 84.9 Å². The second-order valence-corrected chi connectivity index (χ2v) is 13.6. The summed E-state index contributed by atoms with van der Waals surface area (Å²) in [7, 11) is 0. The molecule has 0 atom stereocenters. The third-order valence-electron chi connectivity index (χ3n) is 8.31. The van der Waals surface area contributed by atoms with Gasteiger partial charge in [-0.3, -0.25) is 4.79 Å². The van der Waals surface area contributed by atoms with E-state index < -0.39 is 29.7 Å². The van der Waals surface area contributed by atoms with Gasteiger partial charge in [0.2, 0.25) is 5.88 Å². The lowest BCUT2D eigenvalue weighted by Gasteiger charge is -2.20. The number of fused-ring (bicyclic) bond motifs is 3. The number of ether oxygens (including phenoxy) is 3. The van der Waals surface area contributed by atoms with Crippen LogP contribution < -0.4 is 20.7 Å². The molecule has 0 saturated heterocycles. The van der Waals surface area contributed by atoms with Crippen molar-refractivity contribution in [2.75, 3.05) is 19.7 Å². The molecular formula is C40H43F3N4O6. The van der Waals surface area contributed by atoms with Crippen molar-refractivity contribution in [3.63, 3.8) is 0 Å². The number of amides is 3. The van der Waals surface area contributed by atoms with Crippen LogP contribution in [0.2, 0.25) is 0 Å². The second kappa shape index (κ2) is 17.3. The fraction of sp³-hybridized carbons (Fsp3) is 0.350. The molecule has 0 unspecified atom stereocenters. The minimum atomic E-state index is -4.76. The van der Waals surface area contributed by atoms with Crippen LogP contribution in [0.5, 0.6) is 11.6 Å². The molecule has 3 amide bonds. The van der Waals surface area contributed by atoms with Crippen LogP contribution in [-0.4, -0.2) is 48.4 Å². The predicted octanol–water partition coefficient (Wildman–Crippen LogP) is 8.75. The number of benzene rings is 3. The van der Waals surface area contributed by atoms with Crippen LogP contribution in [0.25, 0.3) is 11.1 Å². The number of hydrogen-bond acceptors (Lipinski definition) is 7. The van der Waals surface area contributed by atoms with E-state index >= 15 is 0 Å². The summed E-state index contributed by atoms with van der Waals surface area (Å²) < 4.78 is 57.1. The van der Waals surface area contributed by atoms with Gasteiger partial charge in [0.1, 0.15) is 23.7 Å². The number of nitrogens with zero attached hydrogens (tertiary/aromatic N) is 1. The molecule has 3 aromatic carbocycles. The molecule has 3 N–H and O–H groups in total. The van der Waals surface area contributed by atoms with Gasteiger partial charge in [-0.25, -0.2) is 14.6 Å². The van der Waals surface area contributed by atoms with Gasteiger partial charge in [0.15, 0.2) is 0 Å². The van der Waals surface area contributed by atoms with E-state index in [9.17, 15) is 27.6 Å². The first-order chi connectivity index (χ1) is 25.3. The van der Waals surface area contributed by atoms with E-state index in [4.69, 9.17) is 14.2 Å². The Kier molecular flexibility index (Phi) is 12.6. The number of aromatic nitrogens is 1. The Morgan fingerprint density at radius 2 is 1.38 bits per heavy atom. The van der Waals surface area contributed by atoms with Crippen molar-refractivity contribution >= 4 is 18.1 Å². The number of halogens is 3. The number of rotatable bonds is 14. The molecule has 0 bridgehead atoms. The number of unbranched alkanes of at least 4 members (excludes halogenated alkanes) is 3. The number of carbonyl (C=O) groups is 3. The van der Waals surface area contributed by atoms with Crippen LogP contribution in [-0.2, 0) is 22.2 Å². The van der Waals surface area contributed by atoms with Gasteiger partial charge in [0, 0.05) is 37.2 Å². The molecule has 1 aliphatic rings. The van der Waals surface area contributed by atoms with Crippen molar-refractivity contribution in [1.29, 1.82) is 0 Å². The van der Waals surface area contributed by atoms with Gasteiger partial charge in [-0.15, -0.1) is 0 Å². The van der Waals surface area contributed by atoms with Crippen LogP contribution >= 0.6 is 0 Å². The summed E-state index contributed by atoms with van der Waals surface area (Å²) in [5, 5.41) is 8.08. The van der Waals surface area contributed by atoms with Crippen molar-refractivity contribution in [3.05, 3.63) is 113 Å². The van der Waals surface area contributed by atoms with Crippen molar-refractivity contribution in [2.24, 2.45) is 0 Å². The largest absolute Gasteiger partial charge is 0.449 e. The topological polar surface area (TPSA) is 128 Å². The van der Waals surface area contributed by atoms with Gasteiger partial charge in [-0.2, -0.15) is 13.2 Å². The maximum absolute atomic E-state index is 13.6. The molecule has 53 heavy (non-hydrogen) atoms. The summed E-state index contributed by atoms with van der Waals surface area (Å²) in [6.07, 6.45) is -2.89. The highest BCUT2D eigenvalue weighted by molar-refractivity contribution is 5.94. The molecular weight excluding hydrogens is 689 g/mol. The van der Waals surface area contributed by atoms with Crippen LogP contribution in [0, 0.1) is 0 Å². The summed E-state index contributed by atoms with van der Waals surface area (Å²) in [5.41, 5.74) is 3.03. The van der Waals surface area contributed by atoms with Gasteiger partial charge in [-0.1, -0.05) is 67.4 Å². The fourth-order valence-electron chi connectivity index (χ4n) is 5.92. The number of carbonyl (C=O) groups excluding carboxylic acids is 3. The maximum Gasteiger partial charge on any atom is 0.433 e. The number of hydrogen-bond donors (Lipinski definition) is 3. The summed E-state index contributed by atoms with van der Waals surface area (Å²) >= 11 is 0. The number of pyridine rings is 1. The highest BCUT2D eigenvalue weighted by Crippen LogP contribution is 2.44. The van der Waals surface area contributed by atoms with Crippen LogP contribution in [0.1, 0.15) is 85.1 Å². The summed E-state index contributed by atoms with van der Waals surface area (Å²) in [6, 6.07) is 24.4. The second-order valence-electron chi connectivity index (χ2n) is 13.6. The Labute approximate surface area is 306 Å². The summed E-state index contributed by atoms with van der Waals surface area (Å²) in [4.78, 5) is 40.8. The maximum atomic E-state index is 13.6. The summed E-state index contributed by atoms with van der Waals surface area (Å²) in [5.74, 6) is -0.613. The van der Waals surface area contributed by atoms with E-state index in [0.29, 0.717) is 19.5 Å². The zero-order chi connectivity index (χ0) is 38.0. The Balaban J connectivity index is 1.01. The van der Waals surface area contributed by atoms with Crippen molar-refractivity contribution < 1.29 is 41.8 Å². The molecule has 0 saturated carbocycles. The number of alkyl halides is 3. The zero-order valence-corrected chi connectivity index (χ0v) is 29.8. The average Bonchev–Trinajstić information content (AvgIpc) is 3.43. The third-order valence-corrected chi connectivity index (χ3v) is 8.31. The van der Waals surface area contributed by atoms with E-state index in [1.54, 1.807) is 32.9 Å². The zero-order valence-electron chi connectivity index (χ0n) is 29.8. The molecule has 1 aromatic heterocycles. The van der Waals surface area contributed by atoms with Gasteiger partial charge >= 0.3 is 18.4 Å². The van der Waals surface area contributed by atoms with Gasteiger partial charge in [0.25, 0.3) is 5.91 Å². The lowest BCUT2D eigenvalue weighted by atomic mass is 9.98. The Morgan fingerprint density at radius 1 is 0.736 bits per heavy atom. The fourth-order valence-corrected chi connectivity index (χ4v) is 5.92. The Morgan fingerprint density at radius 3 is 2.02 bits per heavy atom. The molecule has 280 valence electrons. The monoisotopic (exact) mass is 732 g/mol. The van der Waals surface area contributed by atoms with Gasteiger partial charge < -0.3 is 30.2 Å². The SMILES string of the molecule is CC(C)(C)OC(=O)NCc1cc(Oc2cccc(C(=O)NCCCCCCNC(=O)OCC3c4ccccc4-c4ccccc43)c2)nc(C(F)(F)F)c1. The van der Waals surface area contributed by atoms with Gasteiger partial charge in [-0.05, 0) is 85.7 Å². The molecule has 0 radical (unpaired) electrons. The normalized spacial score (nSPS) is 12.3. The molecule has 0 aliphatic heterocycles. The number of alkyl carbamates (subject to hydrolysis) is 2. The van der Waals surface area contributed by atoms with E-state index in [2.05, 4.69) is 45.2 Å². The average molecular weight is 733 g/mol. The molecule has 5 rings (SSSR count). The summed E-state index contributed by atoms with van der Waals surface area (Å²) in [6.45, 7) is 5.88. The lowest BCUT2D eigenvalue weighted by Crippen LogP contribution is -2.32. The first kappa shape index (κ1) is 38.6. The third kappa shape index (κ3) is 11.2. The first-order valence-electron chi connectivity index (χ1n) is 17.5. The molecule has 4 aromatic rings. The standard InChI is InChI=1S/C40H43F3N4O6/c1-39(2,3)53-38(50)46-24-26-21-34(40(41,42)43)47-35(22-26)52-28-14-12-13-27(23-28)36(48)44-19-10-4-5-11-20-45-37(49)51-25-33-31-17-8-6-15-29(31)30-16-7-9-18-32(30)33/h6-9,12-18,21-23,33H,4-5,10-11,19-20,24-25H2,1-3H3,(H,44,48)(H,45,49)(H,46,50). The highest BCUT2D eigenvalue weighted by atomic mass is 19.4. The van der Waals surface area contributed by atoms with Crippen LogP contribution in [0.3, 0.4) is 0 Å². The van der Waals surface area contributed by atoms with E-state index in [0.717, 1.165) is 36.5 Å². The van der Waals surface area contributed by atoms with E-state index in [1.807, 2.05) is 24.3 Å². The molecule has 13 heteroatoms. The minimum absolute atomic E-state index is 0.000164. The van der Waals surface area contributed by atoms with E-state index in [1.165, 1.54) is 29.3 Å². The van der Waals surface area contributed by atoms with Crippen LogP contribution in [0.4, 0.5) is 22.8 Å². The number of nitrogens with one attached hydrogen (secondary N) is 3. The minimum Gasteiger partial charge on any atom is -0.449 e. The van der Waals surface area contributed by atoms with Gasteiger partial charge in [0.05, 0.1) is 0 Å². The highest BCUT2D eigenvalue weighted by Gasteiger charge is 2.34. The Bertz CT molecular complexity index is 1860. The molecule has 0 spiro atoms. The lowest BCUT2D eigenvalue weighted by molar-refractivity contribution is -0.141. The molecule has 0 fully saturated rings. The molecule has 10 nitrogen and oxygen atoms in total. The van der Waals surface area contributed by atoms with Crippen molar-refractivity contribution in [3.8, 4) is 22.8 Å². The Hall–Kier alpha value is -5.59. The quantitative estimate of drug-likeness (QED) is 0.111. The molecule has 1 heterocycles.